The van der Waals surface area contributed by atoms with Gasteiger partial charge in [-0.25, -0.2) is 8.78 Å². The molecule has 2 aromatic rings. The Morgan fingerprint density at radius 3 is 2.35 bits per heavy atom. The second kappa shape index (κ2) is 8.24. The molecule has 1 N–H and O–H groups in total. The van der Waals surface area contributed by atoms with Gasteiger partial charge < -0.3 is 10.2 Å². The van der Waals surface area contributed by atoms with Crippen LogP contribution in [0.25, 0.3) is 0 Å². The topological polar surface area (TPSA) is 35.6 Å². The van der Waals surface area contributed by atoms with Gasteiger partial charge in [0, 0.05) is 37.1 Å². The number of thiophene rings is 1. The second-order valence-electron chi connectivity index (χ2n) is 6.66. The number of rotatable bonds is 5. The predicted octanol–water partition coefficient (Wildman–Crippen LogP) is 3.13. The number of nitrogens with zero attached hydrogens (tertiary/aromatic N) is 2. The molecule has 0 saturated carbocycles. The Bertz CT molecular complexity index is 725. The smallest absolute Gasteiger partial charge is 0.257 e. The van der Waals surface area contributed by atoms with Crippen LogP contribution in [0.15, 0.2) is 35.7 Å². The van der Waals surface area contributed by atoms with Crippen LogP contribution in [0.1, 0.15) is 28.2 Å². The molecule has 1 aliphatic rings. The number of carbonyl (C=O) groups excluding carboxylic acids is 1. The molecule has 0 aliphatic carbocycles. The van der Waals surface area contributed by atoms with Gasteiger partial charge in [0.2, 0.25) is 0 Å². The molecule has 4 nitrogen and oxygen atoms in total. The maximum absolute atomic E-state index is 13.9. The van der Waals surface area contributed by atoms with Crippen molar-refractivity contribution in [2.45, 2.75) is 19.0 Å². The number of halogens is 2. The molecule has 1 amide bonds. The van der Waals surface area contributed by atoms with Crippen LogP contribution < -0.4 is 5.32 Å². The maximum Gasteiger partial charge on any atom is 0.257 e. The highest BCUT2D eigenvalue weighted by Gasteiger charge is 2.31. The Morgan fingerprint density at radius 1 is 1.12 bits per heavy atom. The number of hydrogen-bond donors (Lipinski definition) is 1. The lowest BCUT2D eigenvalue weighted by Gasteiger charge is -2.40. The van der Waals surface area contributed by atoms with Crippen LogP contribution in [0.5, 0.6) is 0 Å². The molecule has 0 bridgehead atoms. The van der Waals surface area contributed by atoms with Gasteiger partial charge in [0.25, 0.3) is 5.91 Å². The van der Waals surface area contributed by atoms with Gasteiger partial charge in [0.15, 0.2) is 0 Å². The quantitative estimate of drug-likeness (QED) is 0.867. The fourth-order valence-electron chi connectivity index (χ4n) is 3.37. The highest BCUT2D eigenvalue weighted by atomic mass is 32.1. The van der Waals surface area contributed by atoms with Gasteiger partial charge in [-0.15, -0.1) is 11.3 Å². The van der Waals surface area contributed by atoms with Crippen molar-refractivity contribution in [3.63, 3.8) is 0 Å². The van der Waals surface area contributed by atoms with Gasteiger partial charge >= 0.3 is 0 Å². The van der Waals surface area contributed by atoms with Gasteiger partial charge in [-0.05, 0) is 37.6 Å². The standard InChI is InChI=1S/C19H23F2N3OS/c1-13(22-19(25)17-14(20)5-3-6-15(17)21)18(16-7-4-12-26-16)24-10-8-23(2)9-11-24/h3-7,12-13,18H,8-11H2,1-2H3,(H,22,25)/t13-,18-/m0/s1. The summed E-state index contributed by atoms with van der Waals surface area (Å²) in [6, 6.07) is 7.16. The van der Waals surface area contributed by atoms with Gasteiger partial charge in [-0.3, -0.25) is 9.69 Å². The van der Waals surface area contributed by atoms with Gasteiger partial charge in [-0.2, -0.15) is 0 Å². The normalized spacial score (nSPS) is 18.5. The summed E-state index contributed by atoms with van der Waals surface area (Å²) in [5.41, 5.74) is -0.525. The highest BCUT2D eigenvalue weighted by molar-refractivity contribution is 7.10. The Kier molecular flexibility index (Phi) is 6.01. The van der Waals surface area contributed by atoms with Crippen LogP contribution in [-0.2, 0) is 0 Å². The summed E-state index contributed by atoms with van der Waals surface area (Å²) in [4.78, 5) is 18.2. The number of carbonyl (C=O) groups is 1. The lowest BCUT2D eigenvalue weighted by atomic mass is 10.0. The van der Waals surface area contributed by atoms with Gasteiger partial charge in [-0.1, -0.05) is 12.1 Å². The molecule has 0 unspecified atom stereocenters. The van der Waals surface area contributed by atoms with E-state index < -0.39 is 23.1 Å². The summed E-state index contributed by atoms with van der Waals surface area (Å²) in [7, 11) is 2.09. The predicted molar refractivity (Wildman–Crippen MR) is 99.4 cm³/mol. The van der Waals surface area contributed by atoms with Crippen molar-refractivity contribution in [3.8, 4) is 0 Å². The monoisotopic (exact) mass is 379 g/mol. The minimum absolute atomic E-state index is 0.0255. The Labute approximate surface area is 156 Å². The SMILES string of the molecule is C[C@H](NC(=O)c1c(F)cccc1F)[C@@H](c1cccs1)N1CCN(C)CC1. The Hall–Kier alpha value is -1.83. The molecule has 1 aromatic heterocycles. The third-order valence-electron chi connectivity index (χ3n) is 4.79. The van der Waals surface area contributed by atoms with Gasteiger partial charge in [0.1, 0.15) is 17.2 Å². The average molecular weight is 379 g/mol. The van der Waals surface area contributed by atoms with E-state index in [9.17, 15) is 13.6 Å². The maximum atomic E-state index is 13.9. The Morgan fingerprint density at radius 2 is 1.77 bits per heavy atom. The minimum atomic E-state index is -0.845. The van der Waals surface area contributed by atoms with Crippen molar-refractivity contribution in [2.24, 2.45) is 0 Å². The van der Waals surface area contributed by atoms with E-state index in [-0.39, 0.29) is 12.1 Å². The highest BCUT2D eigenvalue weighted by Crippen LogP contribution is 2.29. The van der Waals surface area contributed by atoms with E-state index >= 15 is 0 Å². The number of amides is 1. The van der Waals surface area contributed by atoms with E-state index in [1.807, 2.05) is 24.4 Å². The first-order valence-corrected chi connectivity index (χ1v) is 9.56. The largest absolute Gasteiger partial charge is 0.347 e. The molecule has 1 saturated heterocycles. The van der Waals surface area contributed by atoms with E-state index in [0.717, 1.165) is 43.2 Å². The van der Waals surface area contributed by atoms with Crippen LogP contribution >= 0.6 is 11.3 Å². The zero-order valence-electron chi connectivity index (χ0n) is 14.9. The molecule has 140 valence electrons. The van der Waals surface area contributed by atoms with E-state index in [1.54, 1.807) is 11.3 Å². The van der Waals surface area contributed by atoms with Gasteiger partial charge in [0.05, 0.1) is 6.04 Å². The fraction of sp³-hybridized carbons (Fsp3) is 0.421. The third-order valence-corrected chi connectivity index (χ3v) is 5.73. The summed E-state index contributed by atoms with van der Waals surface area (Å²) in [5, 5.41) is 4.81. The number of piperazine rings is 1. The first-order chi connectivity index (χ1) is 12.5. The first-order valence-electron chi connectivity index (χ1n) is 8.68. The molecule has 1 fully saturated rings. The zero-order valence-corrected chi connectivity index (χ0v) is 15.7. The van der Waals surface area contributed by atoms with E-state index in [2.05, 4.69) is 22.2 Å². The van der Waals surface area contributed by atoms with Crippen molar-refractivity contribution >= 4 is 17.2 Å². The van der Waals surface area contributed by atoms with Crippen LogP contribution in [0, 0.1) is 11.6 Å². The van der Waals surface area contributed by atoms with Crippen molar-refractivity contribution < 1.29 is 13.6 Å². The van der Waals surface area contributed by atoms with Crippen LogP contribution in [0.4, 0.5) is 8.78 Å². The summed E-state index contributed by atoms with van der Waals surface area (Å²) in [6.07, 6.45) is 0. The molecule has 0 radical (unpaired) electrons. The van der Waals surface area contributed by atoms with Crippen molar-refractivity contribution in [1.29, 1.82) is 0 Å². The molecular formula is C19H23F2N3OS. The average Bonchev–Trinajstić information content (AvgIpc) is 3.10. The van der Waals surface area contributed by atoms with E-state index in [1.165, 1.54) is 6.07 Å². The lowest BCUT2D eigenvalue weighted by molar-refractivity contribution is 0.0793. The molecular weight excluding hydrogens is 356 g/mol. The van der Waals surface area contributed by atoms with E-state index in [4.69, 9.17) is 0 Å². The van der Waals surface area contributed by atoms with Crippen LogP contribution in [0.2, 0.25) is 0 Å². The third kappa shape index (κ3) is 4.11. The Balaban J connectivity index is 1.79. The molecule has 26 heavy (non-hydrogen) atoms. The number of likely N-dealkylation sites (N-methyl/N-ethyl adjacent to an activating group) is 1. The summed E-state index contributed by atoms with van der Waals surface area (Å²) in [6.45, 7) is 5.55. The van der Waals surface area contributed by atoms with E-state index in [0.29, 0.717) is 0 Å². The first kappa shape index (κ1) is 18.9. The van der Waals surface area contributed by atoms with Crippen LogP contribution in [-0.4, -0.2) is 55.0 Å². The molecule has 2 heterocycles. The summed E-state index contributed by atoms with van der Waals surface area (Å²) >= 11 is 1.63. The van der Waals surface area contributed by atoms with Crippen LogP contribution in [0.3, 0.4) is 0 Å². The second-order valence-corrected chi connectivity index (χ2v) is 7.64. The van der Waals surface area contributed by atoms with Crippen molar-refractivity contribution in [3.05, 3.63) is 57.8 Å². The number of nitrogens with one attached hydrogen (secondary N) is 1. The van der Waals surface area contributed by atoms with Crippen molar-refractivity contribution in [2.75, 3.05) is 33.2 Å². The minimum Gasteiger partial charge on any atom is -0.347 e. The number of hydrogen-bond acceptors (Lipinski definition) is 4. The number of benzene rings is 1. The summed E-state index contributed by atoms with van der Waals surface area (Å²) < 4.78 is 27.8. The zero-order chi connectivity index (χ0) is 18.7. The lowest BCUT2D eigenvalue weighted by Crippen LogP contribution is -2.51. The molecule has 0 spiro atoms. The molecule has 1 aliphatic heterocycles. The molecule has 1 aromatic carbocycles. The van der Waals surface area contributed by atoms with Crippen molar-refractivity contribution in [1.82, 2.24) is 15.1 Å². The summed E-state index contributed by atoms with van der Waals surface area (Å²) in [5.74, 6) is -2.41. The molecule has 3 rings (SSSR count). The fourth-order valence-corrected chi connectivity index (χ4v) is 4.34. The molecule has 2 atom stereocenters. The molecule has 7 heteroatoms.